The van der Waals surface area contributed by atoms with Gasteiger partial charge in [-0.1, -0.05) is 0 Å². The van der Waals surface area contributed by atoms with Gasteiger partial charge >= 0.3 is 5.97 Å². The van der Waals surface area contributed by atoms with Crippen molar-refractivity contribution in [2.24, 2.45) is 0 Å². The minimum Gasteiger partial charge on any atom is -0.480 e. The Morgan fingerprint density at radius 1 is 1.54 bits per heavy atom. The Hall–Kier alpha value is -0.710. The summed E-state index contributed by atoms with van der Waals surface area (Å²) < 4.78 is 25.3. The number of rotatable bonds is 2. The van der Waals surface area contributed by atoms with Crippen molar-refractivity contribution in [2.45, 2.75) is 37.3 Å². The highest BCUT2D eigenvalue weighted by molar-refractivity contribution is 5.74. The van der Waals surface area contributed by atoms with Gasteiger partial charge in [0.05, 0.1) is 6.04 Å². The van der Waals surface area contributed by atoms with E-state index < -0.39 is 24.0 Å². The Bertz CT molecular complexity index is 244. The van der Waals surface area contributed by atoms with E-state index in [-0.39, 0.29) is 6.42 Å². The van der Waals surface area contributed by atoms with Crippen LogP contribution in [-0.4, -0.2) is 40.5 Å². The number of likely N-dealkylation sites (tertiary alicyclic amines) is 1. The molecule has 5 heteroatoms. The quantitative estimate of drug-likeness (QED) is 0.706. The Kier molecular flexibility index (Phi) is 1.80. The summed E-state index contributed by atoms with van der Waals surface area (Å²) in [6, 6.07) is -1.49. The van der Waals surface area contributed by atoms with Gasteiger partial charge in [0.25, 0.3) is 5.92 Å². The lowest BCUT2D eigenvalue weighted by Gasteiger charge is -2.20. The van der Waals surface area contributed by atoms with Crippen LogP contribution in [0.2, 0.25) is 0 Å². The predicted octanol–water partition coefficient (Wildman–Crippen LogP) is 0.943. The molecule has 1 saturated carbocycles. The zero-order valence-corrected chi connectivity index (χ0v) is 7.04. The maximum absolute atomic E-state index is 12.7. The van der Waals surface area contributed by atoms with Gasteiger partial charge in [0.1, 0.15) is 6.04 Å². The highest BCUT2D eigenvalue weighted by atomic mass is 19.3. The van der Waals surface area contributed by atoms with E-state index in [1.807, 2.05) is 0 Å². The number of carboxylic acid groups (broad SMARTS) is 1. The minimum atomic E-state index is -2.64. The molecule has 74 valence electrons. The normalized spacial score (nSPS) is 37.7. The number of hydrogen-bond donors (Lipinski definition) is 1. The molecule has 1 N–H and O–H groups in total. The van der Waals surface area contributed by atoms with E-state index in [2.05, 4.69) is 0 Å². The second-order valence-electron chi connectivity index (χ2n) is 3.72. The number of alkyl halides is 2. The zero-order valence-electron chi connectivity index (χ0n) is 7.04. The molecule has 1 aliphatic carbocycles. The molecule has 1 heterocycles. The van der Waals surface area contributed by atoms with Gasteiger partial charge in [-0.15, -0.1) is 0 Å². The van der Waals surface area contributed by atoms with Gasteiger partial charge in [-0.25, -0.2) is 8.78 Å². The molecule has 0 aromatic rings. The van der Waals surface area contributed by atoms with Crippen LogP contribution in [0, 0.1) is 0 Å². The van der Waals surface area contributed by atoms with Gasteiger partial charge < -0.3 is 5.11 Å². The van der Waals surface area contributed by atoms with Crippen molar-refractivity contribution in [2.75, 3.05) is 6.54 Å². The first-order valence-electron chi connectivity index (χ1n) is 4.39. The van der Waals surface area contributed by atoms with Crippen LogP contribution in [0.15, 0.2) is 0 Å². The SMILES string of the molecule is O=C(O)[C@@H]1CCCN1C1CC1(F)F. The number of carboxylic acids is 1. The van der Waals surface area contributed by atoms with Gasteiger partial charge in [0.2, 0.25) is 0 Å². The topological polar surface area (TPSA) is 40.5 Å². The third-order valence-electron chi connectivity index (χ3n) is 2.77. The molecule has 13 heavy (non-hydrogen) atoms. The van der Waals surface area contributed by atoms with Gasteiger partial charge in [0, 0.05) is 6.42 Å². The Balaban J connectivity index is 2.03. The van der Waals surface area contributed by atoms with E-state index in [9.17, 15) is 13.6 Å². The molecule has 2 fully saturated rings. The number of nitrogens with zero attached hydrogens (tertiary/aromatic N) is 1. The van der Waals surface area contributed by atoms with Crippen LogP contribution < -0.4 is 0 Å². The maximum Gasteiger partial charge on any atom is 0.320 e. The predicted molar refractivity (Wildman–Crippen MR) is 40.7 cm³/mol. The lowest BCUT2D eigenvalue weighted by Crippen LogP contribution is -2.39. The first kappa shape index (κ1) is 8.87. The van der Waals surface area contributed by atoms with Crippen LogP contribution in [0.25, 0.3) is 0 Å². The molecule has 0 aromatic carbocycles. The number of carbonyl (C=O) groups is 1. The van der Waals surface area contributed by atoms with Crippen molar-refractivity contribution in [1.82, 2.24) is 4.90 Å². The van der Waals surface area contributed by atoms with Crippen molar-refractivity contribution >= 4 is 5.97 Å². The molecule has 3 nitrogen and oxygen atoms in total. The lowest BCUT2D eigenvalue weighted by molar-refractivity contribution is -0.142. The van der Waals surface area contributed by atoms with E-state index >= 15 is 0 Å². The molecule has 0 aromatic heterocycles. The van der Waals surface area contributed by atoms with Crippen LogP contribution in [0.4, 0.5) is 8.78 Å². The molecule has 2 rings (SSSR count). The fourth-order valence-electron chi connectivity index (χ4n) is 1.99. The van der Waals surface area contributed by atoms with Crippen LogP contribution >= 0.6 is 0 Å². The molecule has 2 atom stereocenters. The fourth-order valence-corrected chi connectivity index (χ4v) is 1.99. The summed E-state index contributed by atoms with van der Waals surface area (Å²) in [5, 5.41) is 8.74. The highest BCUT2D eigenvalue weighted by Gasteiger charge is 2.62. The third-order valence-corrected chi connectivity index (χ3v) is 2.77. The van der Waals surface area contributed by atoms with E-state index in [1.54, 1.807) is 0 Å². The average Bonchev–Trinajstić information content (AvgIpc) is 2.49. The first-order valence-corrected chi connectivity index (χ1v) is 4.39. The fraction of sp³-hybridized carbons (Fsp3) is 0.875. The summed E-state index contributed by atoms with van der Waals surface area (Å²) in [5.41, 5.74) is 0. The summed E-state index contributed by atoms with van der Waals surface area (Å²) in [7, 11) is 0. The van der Waals surface area contributed by atoms with E-state index in [1.165, 1.54) is 4.90 Å². The molecule has 0 radical (unpaired) electrons. The molecular weight excluding hydrogens is 180 g/mol. The largest absolute Gasteiger partial charge is 0.480 e. The van der Waals surface area contributed by atoms with E-state index in [0.29, 0.717) is 19.4 Å². The van der Waals surface area contributed by atoms with Gasteiger partial charge in [-0.3, -0.25) is 9.69 Å². The smallest absolute Gasteiger partial charge is 0.320 e. The monoisotopic (exact) mass is 191 g/mol. The average molecular weight is 191 g/mol. The van der Waals surface area contributed by atoms with E-state index in [0.717, 1.165) is 0 Å². The maximum atomic E-state index is 12.7. The van der Waals surface area contributed by atoms with Gasteiger partial charge in [0.15, 0.2) is 0 Å². The number of hydrogen-bond acceptors (Lipinski definition) is 2. The van der Waals surface area contributed by atoms with Crippen molar-refractivity contribution < 1.29 is 18.7 Å². The molecule has 1 unspecified atom stereocenters. The molecule has 1 aliphatic heterocycles. The summed E-state index contributed by atoms with van der Waals surface area (Å²) in [6.07, 6.45) is 1.04. The summed E-state index contributed by atoms with van der Waals surface area (Å²) in [4.78, 5) is 12.1. The summed E-state index contributed by atoms with van der Waals surface area (Å²) >= 11 is 0. The van der Waals surface area contributed by atoms with Crippen LogP contribution in [0.5, 0.6) is 0 Å². The Labute approximate surface area is 74.3 Å². The lowest BCUT2D eigenvalue weighted by atomic mass is 10.2. The third kappa shape index (κ3) is 1.41. The van der Waals surface area contributed by atoms with Crippen LogP contribution in [-0.2, 0) is 4.79 Å². The molecule has 0 amide bonds. The van der Waals surface area contributed by atoms with E-state index in [4.69, 9.17) is 5.11 Å². The van der Waals surface area contributed by atoms with Gasteiger partial charge in [-0.2, -0.15) is 0 Å². The van der Waals surface area contributed by atoms with Crippen LogP contribution in [0.3, 0.4) is 0 Å². The Morgan fingerprint density at radius 2 is 2.15 bits per heavy atom. The summed E-state index contributed by atoms with van der Waals surface area (Å²) in [5.74, 6) is -3.61. The van der Waals surface area contributed by atoms with Crippen molar-refractivity contribution in [3.63, 3.8) is 0 Å². The van der Waals surface area contributed by atoms with Crippen molar-refractivity contribution in [3.8, 4) is 0 Å². The molecule has 0 bridgehead atoms. The first-order chi connectivity index (χ1) is 6.02. The molecule has 2 aliphatic rings. The molecule has 0 spiro atoms. The van der Waals surface area contributed by atoms with Crippen LogP contribution in [0.1, 0.15) is 19.3 Å². The minimum absolute atomic E-state index is 0.170. The highest BCUT2D eigenvalue weighted by Crippen LogP contribution is 2.47. The molecular formula is C8H11F2NO2. The standard InChI is InChI=1S/C8H11F2NO2/c9-8(10)4-6(8)11-3-1-2-5(11)7(12)13/h5-6H,1-4H2,(H,12,13)/t5-,6?/m0/s1. The van der Waals surface area contributed by atoms with Crippen molar-refractivity contribution in [3.05, 3.63) is 0 Å². The second-order valence-corrected chi connectivity index (χ2v) is 3.72. The zero-order chi connectivity index (χ0) is 9.64. The number of aliphatic carboxylic acids is 1. The second kappa shape index (κ2) is 2.64. The summed E-state index contributed by atoms with van der Waals surface area (Å²) in [6.45, 7) is 0.497. The Morgan fingerprint density at radius 3 is 2.62 bits per heavy atom. The molecule has 1 saturated heterocycles. The number of halogens is 2. The van der Waals surface area contributed by atoms with Crippen molar-refractivity contribution in [1.29, 1.82) is 0 Å². The van der Waals surface area contributed by atoms with Gasteiger partial charge in [-0.05, 0) is 19.4 Å².